The Hall–Kier alpha value is -2.15. The van der Waals surface area contributed by atoms with Crippen LogP contribution in [0.2, 0.25) is 0 Å². The minimum absolute atomic E-state index is 0.0514. The Morgan fingerprint density at radius 3 is 2.58 bits per heavy atom. The lowest BCUT2D eigenvalue weighted by Crippen LogP contribution is -2.13. The van der Waals surface area contributed by atoms with E-state index in [9.17, 15) is 14.0 Å². The molecular formula is C12H10FN3O2S. The van der Waals surface area contributed by atoms with Crippen LogP contribution in [-0.4, -0.2) is 21.9 Å². The van der Waals surface area contributed by atoms with Crippen molar-refractivity contribution in [1.82, 2.24) is 10.2 Å². The van der Waals surface area contributed by atoms with Crippen molar-refractivity contribution in [1.29, 1.82) is 0 Å². The van der Waals surface area contributed by atoms with E-state index in [1.54, 1.807) is 0 Å². The molecule has 1 aromatic carbocycles. The van der Waals surface area contributed by atoms with E-state index in [1.165, 1.54) is 41.1 Å². The Balaban J connectivity index is 1.83. The van der Waals surface area contributed by atoms with Gasteiger partial charge in [0.1, 0.15) is 11.3 Å². The summed E-state index contributed by atoms with van der Waals surface area (Å²) in [5.74, 6) is -0.898. The SMILES string of the molecule is O=C(CCC(=O)c1ccc(F)cc1)Nc1nncs1. The first-order valence-electron chi connectivity index (χ1n) is 5.50. The van der Waals surface area contributed by atoms with E-state index in [4.69, 9.17) is 0 Å². The zero-order valence-corrected chi connectivity index (χ0v) is 10.6. The standard InChI is InChI=1S/C12H10FN3O2S/c13-9-3-1-8(2-4-9)10(17)5-6-11(18)15-12-16-14-7-19-12/h1-4,7H,5-6H2,(H,15,16,18). The van der Waals surface area contributed by atoms with Crippen molar-refractivity contribution in [3.63, 3.8) is 0 Å². The van der Waals surface area contributed by atoms with Crippen LogP contribution in [0.15, 0.2) is 29.8 Å². The van der Waals surface area contributed by atoms with Gasteiger partial charge in [-0.05, 0) is 24.3 Å². The summed E-state index contributed by atoms with van der Waals surface area (Å²) in [6.45, 7) is 0. The molecule has 0 bridgehead atoms. The van der Waals surface area contributed by atoms with Crippen molar-refractivity contribution in [2.75, 3.05) is 5.32 Å². The second kappa shape index (κ2) is 6.14. The number of aromatic nitrogens is 2. The average molecular weight is 279 g/mol. The fourth-order valence-corrected chi connectivity index (χ4v) is 1.88. The number of benzene rings is 1. The van der Waals surface area contributed by atoms with E-state index in [-0.39, 0.29) is 24.5 Å². The molecule has 7 heteroatoms. The van der Waals surface area contributed by atoms with Crippen LogP contribution in [0.5, 0.6) is 0 Å². The molecule has 0 aliphatic heterocycles. The number of Topliss-reactive ketones (excluding diaryl/α,β-unsaturated/α-hetero) is 1. The second-order valence-electron chi connectivity index (χ2n) is 3.72. The Labute approximate surface area is 112 Å². The summed E-state index contributed by atoms with van der Waals surface area (Å²) in [5.41, 5.74) is 1.89. The normalized spacial score (nSPS) is 10.2. The zero-order valence-electron chi connectivity index (χ0n) is 9.80. The van der Waals surface area contributed by atoms with E-state index in [0.29, 0.717) is 10.7 Å². The molecule has 98 valence electrons. The molecule has 5 nitrogen and oxygen atoms in total. The van der Waals surface area contributed by atoms with Crippen molar-refractivity contribution >= 4 is 28.2 Å². The van der Waals surface area contributed by atoms with Crippen molar-refractivity contribution in [3.8, 4) is 0 Å². The van der Waals surface area contributed by atoms with Gasteiger partial charge in [-0.15, -0.1) is 10.2 Å². The van der Waals surface area contributed by atoms with E-state index in [0.717, 1.165) is 0 Å². The topological polar surface area (TPSA) is 72.0 Å². The quantitative estimate of drug-likeness (QED) is 0.852. The van der Waals surface area contributed by atoms with Gasteiger partial charge in [0.25, 0.3) is 0 Å². The first kappa shape index (κ1) is 13.3. The molecule has 2 aromatic rings. The number of carbonyl (C=O) groups is 2. The van der Waals surface area contributed by atoms with Gasteiger partial charge in [0, 0.05) is 18.4 Å². The number of rotatable bonds is 5. The molecule has 0 atom stereocenters. The predicted octanol–water partition coefficient (Wildman–Crippen LogP) is 2.28. The summed E-state index contributed by atoms with van der Waals surface area (Å²) >= 11 is 1.20. The molecule has 0 aliphatic rings. The third-order valence-corrected chi connectivity index (χ3v) is 2.96. The number of anilines is 1. The van der Waals surface area contributed by atoms with E-state index in [2.05, 4.69) is 15.5 Å². The highest BCUT2D eigenvalue weighted by Gasteiger charge is 2.10. The largest absolute Gasteiger partial charge is 0.301 e. The summed E-state index contributed by atoms with van der Waals surface area (Å²) in [4.78, 5) is 23.3. The number of nitrogens with zero attached hydrogens (tertiary/aromatic N) is 2. The number of halogens is 1. The minimum Gasteiger partial charge on any atom is -0.301 e. The molecule has 0 spiro atoms. The van der Waals surface area contributed by atoms with Gasteiger partial charge in [0.2, 0.25) is 11.0 Å². The molecule has 0 saturated carbocycles. The number of hydrogen-bond donors (Lipinski definition) is 1. The highest BCUT2D eigenvalue weighted by molar-refractivity contribution is 7.13. The zero-order chi connectivity index (χ0) is 13.7. The monoisotopic (exact) mass is 279 g/mol. The van der Waals surface area contributed by atoms with Gasteiger partial charge < -0.3 is 5.32 Å². The average Bonchev–Trinajstić information content (AvgIpc) is 2.89. The van der Waals surface area contributed by atoms with Gasteiger partial charge in [0.05, 0.1) is 0 Å². The van der Waals surface area contributed by atoms with Crippen molar-refractivity contribution in [3.05, 3.63) is 41.2 Å². The van der Waals surface area contributed by atoms with Gasteiger partial charge in [-0.3, -0.25) is 9.59 Å². The van der Waals surface area contributed by atoms with Crippen LogP contribution >= 0.6 is 11.3 Å². The van der Waals surface area contributed by atoms with E-state index in [1.807, 2.05) is 0 Å². The van der Waals surface area contributed by atoms with Crippen LogP contribution in [0.3, 0.4) is 0 Å². The molecule has 0 unspecified atom stereocenters. The van der Waals surface area contributed by atoms with Crippen LogP contribution in [0.25, 0.3) is 0 Å². The van der Waals surface area contributed by atoms with Crippen molar-refractivity contribution < 1.29 is 14.0 Å². The molecule has 0 radical (unpaired) electrons. The number of carbonyl (C=O) groups excluding carboxylic acids is 2. The van der Waals surface area contributed by atoms with Gasteiger partial charge in [-0.25, -0.2) is 4.39 Å². The lowest BCUT2D eigenvalue weighted by molar-refractivity contribution is -0.116. The molecule has 1 aromatic heterocycles. The van der Waals surface area contributed by atoms with E-state index < -0.39 is 5.82 Å². The van der Waals surface area contributed by atoms with Gasteiger partial charge >= 0.3 is 0 Å². The number of hydrogen-bond acceptors (Lipinski definition) is 5. The molecule has 0 fully saturated rings. The molecule has 2 rings (SSSR count). The number of ketones is 1. The molecule has 0 saturated heterocycles. The van der Waals surface area contributed by atoms with Crippen molar-refractivity contribution in [2.24, 2.45) is 0 Å². The molecule has 1 amide bonds. The highest BCUT2D eigenvalue weighted by Crippen LogP contribution is 2.10. The van der Waals surface area contributed by atoms with Gasteiger partial charge in [0.15, 0.2) is 5.78 Å². The fraction of sp³-hybridized carbons (Fsp3) is 0.167. The maximum Gasteiger partial charge on any atom is 0.226 e. The van der Waals surface area contributed by atoms with Crippen LogP contribution in [0, 0.1) is 5.82 Å². The Bertz CT molecular complexity index is 569. The third kappa shape index (κ3) is 3.92. The van der Waals surface area contributed by atoms with Gasteiger partial charge in [-0.1, -0.05) is 11.3 Å². The number of nitrogens with one attached hydrogen (secondary N) is 1. The summed E-state index contributed by atoms with van der Waals surface area (Å²) in [7, 11) is 0. The van der Waals surface area contributed by atoms with E-state index >= 15 is 0 Å². The maximum absolute atomic E-state index is 12.7. The summed E-state index contributed by atoms with van der Waals surface area (Å²) in [6.07, 6.45) is 0.117. The molecule has 1 heterocycles. The Kier molecular flexibility index (Phi) is 4.30. The molecule has 1 N–H and O–H groups in total. The van der Waals surface area contributed by atoms with Crippen molar-refractivity contribution in [2.45, 2.75) is 12.8 Å². The van der Waals surface area contributed by atoms with Crippen LogP contribution in [-0.2, 0) is 4.79 Å². The molecule has 0 aliphatic carbocycles. The maximum atomic E-state index is 12.7. The summed E-state index contributed by atoms with van der Waals surface area (Å²) in [6, 6.07) is 5.24. The van der Waals surface area contributed by atoms with Crippen LogP contribution in [0.1, 0.15) is 23.2 Å². The predicted molar refractivity (Wildman–Crippen MR) is 68.5 cm³/mol. The Morgan fingerprint density at radius 2 is 1.95 bits per heavy atom. The minimum atomic E-state index is -0.398. The second-order valence-corrected chi connectivity index (χ2v) is 4.56. The molecular weight excluding hydrogens is 269 g/mol. The van der Waals surface area contributed by atoms with Crippen LogP contribution < -0.4 is 5.32 Å². The smallest absolute Gasteiger partial charge is 0.226 e. The Morgan fingerprint density at radius 1 is 1.21 bits per heavy atom. The van der Waals surface area contributed by atoms with Crippen LogP contribution in [0.4, 0.5) is 9.52 Å². The summed E-state index contributed by atoms with van der Waals surface area (Å²) < 4.78 is 12.7. The first-order chi connectivity index (χ1) is 9.15. The number of amides is 1. The highest BCUT2D eigenvalue weighted by atomic mass is 32.1. The first-order valence-corrected chi connectivity index (χ1v) is 6.38. The molecule has 19 heavy (non-hydrogen) atoms. The van der Waals surface area contributed by atoms with Gasteiger partial charge in [-0.2, -0.15) is 0 Å². The lowest BCUT2D eigenvalue weighted by Gasteiger charge is -2.01. The third-order valence-electron chi connectivity index (χ3n) is 2.35. The summed E-state index contributed by atoms with van der Waals surface area (Å²) in [5, 5.41) is 10.2. The fourth-order valence-electron chi connectivity index (χ4n) is 1.42. The lowest BCUT2D eigenvalue weighted by atomic mass is 10.1.